The van der Waals surface area contributed by atoms with E-state index in [0.717, 1.165) is 0 Å². The van der Waals surface area contributed by atoms with Crippen molar-refractivity contribution in [3.63, 3.8) is 0 Å². The molecule has 0 amide bonds. The number of hydrogen-bond donors (Lipinski definition) is 9. The second kappa shape index (κ2) is 11.3. The van der Waals surface area contributed by atoms with Crippen molar-refractivity contribution < 1.29 is 50.4 Å². The Morgan fingerprint density at radius 3 is 1.33 bits per heavy atom. The highest BCUT2D eigenvalue weighted by molar-refractivity contribution is 5.80. The summed E-state index contributed by atoms with van der Waals surface area (Å²) in [7, 11) is 0. The van der Waals surface area contributed by atoms with Gasteiger partial charge in [0.2, 0.25) is 0 Å². The van der Waals surface area contributed by atoms with E-state index in [1.807, 2.05) is 0 Å². The van der Waals surface area contributed by atoms with Gasteiger partial charge in [-0.3, -0.25) is 9.59 Å². The molecule has 126 valence electrons. The standard InChI is InChI=1S/C6H14O6.C4H7NO4/c7-1-3(9)5(11)6(12)4(10)2-8;5-2(4(8)9)1-3(6)7/h3-12H,1-2H2;2H,1,5H2,(H,6,7)(H,8,9)/t3-,4-,5-,6-;/m1./s1. The maximum atomic E-state index is 9.85. The van der Waals surface area contributed by atoms with E-state index in [2.05, 4.69) is 0 Å². The van der Waals surface area contributed by atoms with Crippen LogP contribution in [0.15, 0.2) is 0 Å². The Bertz CT molecular complexity index is 298. The van der Waals surface area contributed by atoms with Crippen LogP contribution >= 0.6 is 0 Å². The number of nitrogens with two attached hydrogens (primary N) is 1. The molecule has 0 saturated carbocycles. The molecule has 0 saturated heterocycles. The zero-order chi connectivity index (χ0) is 17.2. The Balaban J connectivity index is 0. The van der Waals surface area contributed by atoms with Gasteiger partial charge in [-0.25, -0.2) is 0 Å². The van der Waals surface area contributed by atoms with Crippen molar-refractivity contribution in [1.29, 1.82) is 0 Å². The summed E-state index contributed by atoms with van der Waals surface area (Å²) in [6.07, 6.45) is -6.92. The first kappa shape index (κ1) is 21.9. The fourth-order valence-electron chi connectivity index (χ4n) is 0.947. The number of carboxylic acid groups (broad SMARTS) is 2. The highest BCUT2D eigenvalue weighted by Crippen LogP contribution is 2.04. The lowest BCUT2D eigenvalue weighted by Crippen LogP contribution is -2.46. The van der Waals surface area contributed by atoms with E-state index in [9.17, 15) is 9.59 Å². The summed E-state index contributed by atoms with van der Waals surface area (Å²) in [6.45, 7) is -1.45. The first-order chi connectivity index (χ1) is 9.58. The van der Waals surface area contributed by atoms with E-state index in [1.165, 1.54) is 0 Å². The quantitative estimate of drug-likeness (QED) is 0.207. The normalized spacial score (nSPS) is 17.7. The summed E-state index contributed by atoms with van der Waals surface area (Å²) in [4.78, 5) is 19.6. The van der Waals surface area contributed by atoms with Crippen molar-refractivity contribution in [1.82, 2.24) is 0 Å². The summed E-state index contributed by atoms with van der Waals surface area (Å²) in [5.74, 6) is -2.50. The van der Waals surface area contributed by atoms with Crippen LogP contribution in [-0.4, -0.2) is 96.5 Å². The lowest BCUT2D eigenvalue weighted by Gasteiger charge is -2.24. The number of carboxylic acids is 2. The van der Waals surface area contributed by atoms with Crippen LogP contribution in [0.5, 0.6) is 0 Å². The number of carbonyl (C=O) groups is 2. The second-order valence-corrected chi connectivity index (χ2v) is 4.02. The predicted octanol–water partition coefficient (Wildman–Crippen LogP) is -4.71. The van der Waals surface area contributed by atoms with Gasteiger partial charge in [0.25, 0.3) is 0 Å². The third kappa shape index (κ3) is 10.1. The summed E-state index contributed by atoms with van der Waals surface area (Å²) in [5.41, 5.74) is 4.84. The molecule has 0 heterocycles. The molecular weight excluding hydrogens is 294 g/mol. The third-order valence-corrected chi connectivity index (χ3v) is 2.22. The molecule has 10 N–H and O–H groups in total. The molecular formula is C10H21NO10. The number of aliphatic hydroxyl groups is 6. The smallest absolute Gasteiger partial charge is 0.321 e. The maximum absolute atomic E-state index is 9.85. The van der Waals surface area contributed by atoms with Crippen molar-refractivity contribution in [3.05, 3.63) is 0 Å². The molecule has 0 bridgehead atoms. The highest BCUT2D eigenvalue weighted by atomic mass is 16.4. The van der Waals surface area contributed by atoms with Gasteiger partial charge in [-0.05, 0) is 0 Å². The minimum Gasteiger partial charge on any atom is -0.481 e. The van der Waals surface area contributed by atoms with Crippen LogP contribution in [0.25, 0.3) is 0 Å². The molecule has 11 heteroatoms. The maximum Gasteiger partial charge on any atom is 0.321 e. The predicted molar refractivity (Wildman–Crippen MR) is 66.1 cm³/mol. The van der Waals surface area contributed by atoms with E-state index in [4.69, 9.17) is 46.6 Å². The van der Waals surface area contributed by atoms with E-state index < -0.39 is 62.0 Å². The van der Waals surface area contributed by atoms with Crippen molar-refractivity contribution >= 4 is 11.9 Å². The van der Waals surface area contributed by atoms with Gasteiger partial charge in [0.1, 0.15) is 30.5 Å². The number of aliphatic carboxylic acids is 2. The monoisotopic (exact) mass is 315 g/mol. The molecule has 0 aliphatic heterocycles. The van der Waals surface area contributed by atoms with Gasteiger partial charge in [-0.2, -0.15) is 0 Å². The van der Waals surface area contributed by atoms with Crippen LogP contribution in [0.4, 0.5) is 0 Å². The molecule has 5 atom stereocenters. The summed E-state index contributed by atoms with van der Waals surface area (Å²) >= 11 is 0. The average Bonchev–Trinajstić information content (AvgIpc) is 2.43. The van der Waals surface area contributed by atoms with Crippen LogP contribution in [0, 0.1) is 0 Å². The fraction of sp³-hybridized carbons (Fsp3) is 0.800. The molecule has 0 radical (unpaired) electrons. The molecule has 0 fully saturated rings. The number of rotatable bonds is 8. The Kier molecular flexibility index (Phi) is 11.8. The first-order valence-corrected chi connectivity index (χ1v) is 5.72. The van der Waals surface area contributed by atoms with Gasteiger partial charge in [0, 0.05) is 0 Å². The lowest BCUT2D eigenvalue weighted by atomic mass is 10.0. The highest BCUT2D eigenvalue weighted by Gasteiger charge is 2.29. The molecule has 0 aromatic heterocycles. The Morgan fingerprint density at radius 1 is 0.857 bits per heavy atom. The van der Waals surface area contributed by atoms with Gasteiger partial charge in [0.05, 0.1) is 19.6 Å². The van der Waals surface area contributed by atoms with Gasteiger partial charge < -0.3 is 46.6 Å². The van der Waals surface area contributed by atoms with Crippen molar-refractivity contribution in [3.8, 4) is 0 Å². The SMILES string of the molecule is NC(CC(=O)O)C(=O)O.OC[C@@H](O)[C@@H](O)[C@H](O)[C@H](O)CO. The molecule has 0 spiro atoms. The van der Waals surface area contributed by atoms with E-state index >= 15 is 0 Å². The van der Waals surface area contributed by atoms with Gasteiger partial charge in [0.15, 0.2) is 0 Å². The number of aliphatic hydroxyl groups excluding tert-OH is 6. The van der Waals surface area contributed by atoms with Crippen molar-refractivity contribution in [2.75, 3.05) is 13.2 Å². The Morgan fingerprint density at radius 2 is 1.19 bits per heavy atom. The summed E-state index contributed by atoms with van der Waals surface area (Å²) in [5, 5.41) is 68.2. The second-order valence-electron chi connectivity index (χ2n) is 4.02. The zero-order valence-electron chi connectivity index (χ0n) is 11.0. The van der Waals surface area contributed by atoms with Crippen LogP contribution in [-0.2, 0) is 9.59 Å². The first-order valence-electron chi connectivity index (χ1n) is 5.72. The third-order valence-electron chi connectivity index (χ3n) is 2.22. The molecule has 0 aliphatic rings. The van der Waals surface area contributed by atoms with Gasteiger partial charge >= 0.3 is 11.9 Å². The topological polar surface area (TPSA) is 222 Å². The van der Waals surface area contributed by atoms with E-state index in [-0.39, 0.29) is 0 Å². The van der Waals surface area contributed by atoms with Crippen LogP contribution < -0.4 is 5.73 Å². The molecule has 11 nitrogen and oxygen atoms in total. The zero-order valence-corrected chi connectivity index (χ0v) is 11.0. The molecule has 21 heavy (non-hydrogen) atoms. The molecule has 0 aromatic carbocycles. The van der Waals surface area contributed by atoms with E-state index in [0.29, 0.717) is 0 Å². The van der Waals surface area contributed by atoms with Crippen LogP contribution in [0.1, 0.15) is 6.42 Å². The lowest BCUT2D eigenvalue weighted by molar-refractivity contribution is -0.144. The summed E-state index contributed by atoms with van der Waals surface area (Å²) in [6, 6.07) is -1.29. The van der Waals surface area contributed by atoms with Gasteiger partial charge in [-0.1, -0.05) is 0 Å². The van der Waals surface area contributed by atoms with Crippen molar-refractivity contribution in [2.24, 2.45) is 5.73 Å². The van der Waals surface area contributed by atoms with Crippen LogP contribution in [0.2, 0.25) is 0 Å². The fourth-order valence-corrected chi connectivity index (χ4v) is 0.947. The van der Waals surface area contributed by atoms with Gasteiger partial charge in [-0.15, -0.1) is 0 Å². The van der Waals surface area contributed by atoms with Crippen molar-refractivity contribution in [2.45, 2.75) is 36.9 Å². The number of hydrogen-bond acceptors (Lipinski definition) is 9. The Hall–Kier alpha value is -1.34. The molecule has 1 unspecified atom stereocenters. The average molecular weight is 315 g/mol. The van der Waals surface area contributed by atoms with E-state index in [1.54, 1.807) is 0 Å². The largest absolute Gasteiger partial charge is 0.481 e. The minimum atomic E-state index is -1.67. The van der Waals surface area contributed by atoms with Crippen LogP contribution in [0.3, 0.4) is 0 Å². The minimum absolute atomic E-state index is 0.532. The molecule has 0 rings (SSSR count). The molecule has 0 aliphatic carbocycles. The molecule has 0 aromatic rings. The summed E-state index contributed by atoms with van der Waals surface area (Å²) < 4.78 is 0. The Labute approximate surface area is 119 Å².